The van der Waals surface area contributed by atoms with Gasteiger partial charge in [-0.15, -0.1) is 18.1 Å². The molecule has 0 radical (unpaired) electrons. The minimum Gasteiger partial charge on any atom is -0.519 e. The van der Waals surface area contributed by atoms with Gasteiger partial charge in [-0.3, -0.25) is 0 Å². The third kappa shape index (κ3) is 2.85. The number of phenolic OH excluding ortho intramolecular Hbond substituents is 1. The quantitative estimate of drug-likeness (QED) is 0.380. The van der Waals surface area contributed by atoms with Gasteiger partial charge in [-0.25, -0.2) is 0 Å². The summed E-state index contributed by atoms with van der Waals surface area (Å²) in [6.07, 6.45) is 1.27. The Labute approximate surface area is 126 Å². The average Bonchev–Trinajstić information content (AvgIpc) is 2.33. The number of carboxylic acids is 1. The maximum atomic E-state index is 10.6. The van der Waals surface area contributed by atoms with E-state index < -0.39 is 11.7 Å². The summed E-state index contributed by atoms with van der Waals surface area (Å²) in [5.74, 6) is -1.14. The summed E-state index contributed by atoms with van der Waals surface area (Å²) in [4.78, 5) is 10.6. The fraction of sp³-hybridized carbons (Fsp3) is 0. The first-order valence-corrected chi connectivity index (χ1v) is 4.97. The Kier molecular flexibility index (Phi) is 4.78. The Morgan fingerprint density at radius 3 is 2.33 bits per heavy atom. The predicted octanol–water partition coefficient (Wildman–Crippen LogP) is -0.794. The number of nitrogens with one attached hydrogen (secondary N) is 1. The number of hydrogen-bond donors (Lipinski definition) is 3. The molecule has 0 heterocycles. The van der Waals surface area contributed by atoms with Crippen LogP contribution < -0.4 is 29.6 Å². The van der Waals surface area contributed by atoms with Gasteiger partial charge in [-0.1, -0.05) is 35.7 Å². The Balaban J connectivity index is 0.00000162. The van der Waals surface area contributed by atoms with Crippen LogP contribution >= 0.6 is 0 Å². The van der Waals surface area contributed by atoms with E-state index in [1.165, 1.54) is 12.5 Å². The van der Waals surface area contributed by atoms with E-state index in [4.69, 9.17) is 10.5 Å². The number of carboxylic acid groups (broad SMARTS) is 1. The molecule has 2 aromatic rings. The van der Waals surface area contributed by atoms with Crippen LogP contribution in [-0.4, -0.2) is 21.9 Å². The van der Waals surface area contributed by atoms with Crippen LogP contribution in [0.5, 0.6) is 5.75 Å². The maximum absolute atomic E-state index is 10.6. The molecular weight excluding hydrogens is 241 g/mol. The van der Waals surface area contributed by atoms with E-state index in [0.717, 1.165) is 5.39 Å². The van der Waals surface area contributed by atoms with Crippen molar-refractivity contribution in [2.24, 2.45) is 0 Å². The van der Waals surface area contributed by atoms with E-state index in [9.17, 15) is 9.90 Å². The molecule has 0 aromatic heterocycles. The second-order valence-corrected chi connectivity index (χ2v) is 3.58. The molecule has 0 atom stereocenters. The molecule has 0 aliphatic rings. The molecule has 4 nitrogen and oxygen atoms in total. The van der Waals surface area contributed by atoms with Crippen molar-refractivity contribution in [2.75, 3.05) is 0 Å². The third-order valence-corrected chi connectivity index (χ3v) is 2.47. The van der Waals surface area contributed by atoms with Crippen molar-refractivity contribution in [1.82, 2.24) is 0 Å². The zero-order valence-corrected chi connectivity index (χ0v) is 11.8. The Bertz CT molecular complexity index is 610. The van der Waals surface area contributed by atoms with Gasteiger partial charge in [0.15, 0.2) is 0 Å². The van der Waals surface area contributed by atoms with Gasteiger partial charge < -0.3 is 20.4 Å². The number of phenols is 1. The molecule has 0 spiro atoms. The molecule has 0 unspecified atom stereocenters. The first-order valence-electron chi connectivity index (χ1n) is 4.97. The van der Waals surface area contributed by atoms with Gasteiger partial charge in [0.25, 0.3) is 5.97 Å². The fourth-order valence-corrected chi connectivity index (χ4v) is 1.65. The second kappa shape index (κ2) is 5.91. The molecule has 0 saturated heterocycles. The molecule has 2 rings (SSSR count). The van der Waals surface area contributed by atoms with Gasteiger partial charge >= 0.3 is 29.6 Å². The normalized spacial score (nSPS) is 9.56. The number of hydrogen-bond acceptors (Lipinski definition) is 3. The zero-order chi connectivity index (χ0) is 12.4. The second-order valence-electron chi connectivity index (χ2n) is 3.58. The monoisotopic (exact) mass is 251 g/mol. The summed E-state index contributed by atoms with van der Waals surface area (Å²) in [5, 5.41) is 27.0. The molecular formula is C13H10NNaO3. The number of benzene rings is 2. The van der Waals surface area contributed by atoms with Crippen LogP contribution in [0.3, 0.4) is 0 Å². The van der Waals surface area contributed by atoms with E-state index in [1.807, 2.05) is 0 Å². The summed E-state index contributed by atoms with van der Waals surface area (Å²) in [6.45, 7) is 0. The van der Waals surface area contributed by atoms with Crippen molar-refractivity contribution in [1.29, 1.82) is 5.41 Å². The van der Waals surface area contributed by atoms with E-state index in [2.05, 4.69) is 0 Å². The molecule has 3 N–H and O–H groups in total. The Morgan fingerprint density at radius 1 is 1.11 bits per heavy atom. The van der Waals surface area contributed by atoms with Crippen molar-refractivity contribution < 1.29 is 44.6 Å². The SMILES string of the molecule is N=C([CH-]c1ccc(O)c2ccccc12)C(=O)O.[Na+]. The van der Waals surface area contributed by atoms with Gasteiger partial charge in [0, 0.05) is 0 Å². The molecule has 86 valence electrons. The summed E-state index contributed by atoms with van der Waals surface area (Å²) in [5.41, 5.74) is 0.117. The van der Waals surface area contributed by atoms with E-state index >= 15 is 0 Å². The topological polar surface area (TPSA) is 81.4 Å². The van der Waals surface area contributed by atoms with Crippen molar-refractivity contribution >= 4 is 22.5 Å². The minimum absolute atomic E-state index is 0. The van der Waals surface area contributed by atoms with Crippen molar-refractivity contribution in [3.05, 3.63) is 48.4 Å². The average molecular weight is 251 g/mol. The molecule has 5 heteroatoms. The Morgan fingerprint density at radius 2 is 1.72 bits per heavy atom. The zero-order valence-electron chi connectivity index (χ0n) is 9.84. The fourth-order valence-electron chi connectivity index (χ4n) is 1.65. The number of aliphatic carboxylic acids is 1. The van der Waals surface area contributed by atoms with Gasteiger partial charge in [0.1, 0.15) is 5.75 Å². The predicted molar refractivity (Wildman–Crippen MR) is 64.4 cm³/mol. The van der Waals surface area contributed by atoms with E-state index in [-0.39, 0.29) is 35.3 Å². The van der Waals surface area contributed by atoms with Crippen molar-refractivity contribution in [3.63, 3.8) is 0 Å². The van der Waals surface area contributed by atoms with Crippen LogP contribution in [0.25, 0.3) is 10.8 Å². The van der Waals surface area contributed by atoms with Crippen molar-refractivity contribution in [3.8, 4) is 5.75 Å². The molecule has 0 bridgehead atoms. The van der Waals surface area contributed by atoms with Crippen LogP contribution in [-0.2, 0) is 4.79 Å². The van der Waals surface area contributed by atoms with Gasteiger partial charge in [-0.2, -0.15) is 0 Å². The summed E-state index contributed by atoms with van der Waals surface area (Å²) >= 11 is 0. The van der Waals surface area contributed by atoms with Gasteiger partial charge in [0.2, 0.25) is 0 Å². The molecule has 0 fully saturated rings. The maximum Gasteiger partial charge on any atom is 1.00 e. The van der Waals surface area contributed by atoms with Crippen LogP contribution in [0.4, 0.5) is 0 Å². The number of aromatic hydroxyl groups is 1. The summed E-state index contributed by atoms with van der Waals surface area (Å²) in [7, 11) is 0. The summed E-state index contributed by atoms with van der Waals surface area (Å²) < 4.78 is 0. The van der Waals surface area contributed by atoms with E-state index in [0.29, 0.717) is 10.9 Å². The molecule has 0 aliphatic carbocycles. The first kappa shape index (κ1) is 14.6. The first-order chi connectivity index (χ1) is 8.09. The Hall–Kier alpha value is -1.49. The number of fused-ring (bicyclic) bond motifs is 1. The van der Waals surface area contributed by atoms with Crippen molar-refractivity contribution in [2.45, 2.75) is 0 Å². The van der Waals surface area contributed by atoms with Crippen LogP contribution in [0.15, 0.2) is 36.4 Å². The minimum atomic E-state index is -1.28. The number of carbonyl (C=O) groups is 1. The summed E-state index contributed by atoms with van der Waals surface area (Å²) in [6, 6.07) is 10.2. The van der Waals surface area contributed by atoms with Gasteiger partial charge in [-0.05, 0) is 5.39 Å². The largest absolute Gasteiger partial charge is 1.00 e. The van der Waals surface area contributed by atoms with Crippen LogP contribution in [0, 0.1) is 11.8 Å². The van der Waals surface area contributed by atoms with Crippen LogP contribution in [0.2, 0.25) is 0 Å². The molecule has 0 amide bonds. The molecule has 18 heavy (non-hydrogen) atoms. The van der Waals surface area contributed by atoms with E-state index in [1.54, 1.807) is 30.3 Å². The standard InChI is InChI=1S/C13H10NO3.Na/c14-11(13(16)17)7-8-5-6-12(15)10-4-2-1-3-9(8)10;/h1-7,14-15H,(H,16,17);/q-1;+1. The smallest absolute Gasteiger partial charge is 0.519 e. The molecule has 0 saturated carbocycles. The molecule has 0 aliphatic heterocycles. The third-order valence-electron chi connectivity index (χ3n) is 2.47. The number of rotatable bonds is 3. The van der Waals surface area contributed by atoms with Gasteiger partial charge in [0.05, 0.1) is 5.71 Å². The van der Waals surface area contributed by atoms with Crippen LogP contribution in [0.1, 0.15) is 5.56 Å². The molecule has 2 aromatic carbocycles.